The first-order chi connectivity index (χ1) is 11.7. The van der Waals surface area contributed by atoms with E-state index >= 15 is 0 Å². The average Bonchev–Trinajstić information content (AvgIpc) is 3.03. The van der Waals surface area contributed by atoms with E-state index in [1.807, 2.05) is 6.07 Å². The molecular weight excluding hydrogens is 298 g/mol. The van der Waals surface area contributed by atoms with Crippen molar-refractivity contribution in [2.75, 3.05) is 0 Å². The van der Waals surface area contributed by atoms with E-state index in [1.165, 1.54) is 11.9 Å². The number of benzene rings is 1. The van der Waals surface area contributed by atoms with Gasteiger partial charge in [0.05, 0.1) is 23.6 Å². The quantitative estimate of drug-likeness (QED) is 0.719. The van der Waals surface area contributed by atoms with Crippen molar-refractivity contribution >= 4 is 11.0 Å². The minimum Gasteiger partial charge on any atom is -0.464 e. The number of aromatic nitrogens is 2. The molecule has 126 valence electrons. The minimum atomic E-state index is 0.172. The molecule has 2 aromatic heterocycles. The highest BCUT2D eigenvalue weighted by atomic mass is 16.3. The van der Waals surface area contributed by atoms with Gasteiger partial charge in [0.15, 0.2) is 0 Å². The van der Waals surface area contributed by atoms with Crippen molar-refractivity contribution in [3.8, 4) is 0 Å². The largest absolute Gasteiger partial charge is 0.464 e. The molecule has 1 aliphatic carbocycles. The lowest BCUT2D eigenvalue weighted by Gasteiger charge is -2.14. The van der Waals surface area contributed by atoms with E-state index in [-0.39, 0.29) is 6.04 Å². The molecule has 4 rings (SSSR count). The smallest absolute Gasteiger partial charge is 0.126 e. The molecule has 1 saturated carbocycles. The van der Waals surface area contributed by atoms with E-state index in [9.17, 15) is 0 Å². The Hall–Kier alpha value is -2.07. The summed E-state index contributed by atoms with van der Waals surface area (Å²) in [5.74, 6) is 4.66. The number of aryl methyl sites for hydroxylation is 1. The van der Waals surface area contributed by atoms with Gasteiger partial charge in [0.2, 0.25) is 0 Å². The molecule has 0 aliphatic heterocycles. The molecule has 0 bridgehead atoms. The normalized spacial score (nSPS) is 21.3. The third-order valence-corrected chi connectivity index (χ3v) is 5.13. The van der Waals surface area contributed by atoms with Crippen molar-refractivity contribution in [2.45, 2.75) is 52.2 Å². The molecule has 2 heterocycles. The number of furan rings is 1. The Morgan fingerprint density at radius 3 is 2.83 bits per heavy atom. The summed E-state index contributed by atoms with van der Waals surface area (Å²) in [6.45, 7) is 8.27. The number of para-hydroxylation sites is 2. The number of hydrogen-bond donors (Lipinski definition) is 1. The van der Waals surface area contributed by atoms with Crippen molar-refractivity contribution in [1.29, 1.82) is 0 Å². The zero-order valence-corrected chi connectivity index (χ0v) is 14.6. The molecule has 0 radical (unpaired) electrons. The summed E-state index contributed by atoms with van der Waals surface area (Å²) in [6.07, 6.45) is 1.26. The second-order valence-corrected chi connectivity index (χ2v) is 6.93. The number of rotatable bonds is 6. The van der Waals surface area contributed by atoms with Crippen LogP contribution >= 0.6 is 0 Å². The fourth-order valence-electron chi connectivity index (χ4n) is 3.51. The van der Waals surface area contributed by atoms with Crippen LogP contribution in [0.3, 0.4) is 0 Å². The van der Waals surface area contributed by atoms with Crippen molar-refractivity contribution < 1.29 is 4.42 Å². The van der Waals surface area contributed by atoms with Gasteiger partial charge in [0, 0.05) is 12.5 Å². The van der Waals surface area contributed by atoms with Crippen LogP contribution in [0.15, 0.2) is 40.8 Å². The summed E-state index contributed by atoms with van der Waals surface area (Å²) in [7, 11) is 0. The minimum absolute atomic E-state index is 0.172. The summed E-state index contributed by atoms with van der Waals surface area (Å²) < 4.78 is 8.27. The van der Waals surface area contributed by atoms with Crippen LogP contribution in [0.25, 0.3) is 11.0 Å². The molecule has 0 amide bonds. The van der Waals surface area contributed by atoms with Crippen LogP contribution in [-0.4, -0.2) is 9.55 Å². The Balaban J connectivity index is 1.48. The number of nitrogens with zero attached hydrogens (tertiary/aromatic N) is 2. The third kappa shape index (κ3) is 2.75. The van der Waals surface area contributed by atoms with Crippen LogP contribution in [0.5, 0.6) is 0 Å². The van der Waals surface area contributed by atoms with Gasteiger partial charge >= 0.3 is 0 Å². The molecule has 0 saturated heterocycles. The Morgan fingerprint density at radius 1 is 1.29 bits per heavy atom. The summed E-state index contributed by atoms with van der Waals surface area (Å²) in [5, 5.41) is 3.56. The highest BCUT2D eigenvalue weighted by Gasteiger charge is 2.36. The van der Waals surface area contributed by atoms with Crippen LogP contribution in [-0.2, 0) is 13.1 Å². The van der Waals surface area contributed by atoms with Crippen LogP contribution in [0.4, 0.5) is 0 Å². The Bertz CT molecular complexity index is 848. The molecule has 3 atom stereocenters. The van der Waals surface area contributed by atoms with Crippen molar-refractivity contribution in [3.05, 3.63) is 53.7 Å². The van der Waals surface area contributed by atoms with Crippen molar-refractivity contribution in [2.24, 2.45) is 5.92 Å². The number of nitrogens with one attached hydrogen (secondary N) is 1. The molecule has 1 fully saturated rings. The Morgan fingerprint density at radius 2 is 2.08 bits per heavy atom. The maximum Gasteiger partial charge on any atom is 0.126 e. The van der Waals surface area contributed by atoms with E-state index in [4.69, 9.17) is 9.40 Å². The van der Waals surface area contributed by atoms with Gasteiger partial charge in [0.25, 0.3) is 0 Å². The lowest BCUT2D eigenvalue weighted by molar-refractivity contribution is 0.422. The first-order valence-electron chi connectivity index (χ1n) is 8.94. The second kappa shape index (κ2) is 6.10. The highest BCUT2D eigenvalue weighted by Crippen LogP contribution is 2.47. The van der Waals surface area contributed by atoms with Gasteiger partial charge in [-0.3, -0.25) is 0 Å². The molecule has 1 aliphatic rings. The van der Waals surface area contributed by atoms with Crippen molar-refractivity contribution in [3.63, 3.8) is 0 Å². The predicted octanol–water partition coefficient (Wildman–Crippen LogP) is 4.62. The summed E-state index contributed by atoms with van der Waals surface area (Å²) in [4.78, 5) is 4.82. The fourth-order valence-corrected chi connectivity index (χ4v) is 3.51. The highest BCUT2D eigenvalue weighted by molar-refractivity contribution is 5.76. The molecule has 4 heteroatoms. The molecule has 4 nitrogen and oxygen atoms in total. The molecule has 1 N–H and O–H groups in total. The van der Waals surface area contributed by atoms with Gasteiger partial charge < -0.3 is 14.3 Å². The van der Waals surface area contributed by atoms with E-state index in [1.54, 1.807) is 0 Å². The lowest BCUT2D eigenvalue weighted by atomic mass is 10.2. The molecule has 1 aromatic carbocycles. The zero-order chi connectivity index (χ0) is 16.7. The maximum absolute atomic E-state index is 5.99. The topological polar surface area (TPSA) is 43.0 Å². The van der Waals surface area contributed by atoms with Crippen LogP contribution in [0.2, 0.25) is 0 Å². The summed E-state index contributed by atoms with van der Waals surface area (Å²) >= 11 is 0. The first kappa shape index (κ1) is 15.5. The Kier molecular flexibility index (Phi) is 3.93. The molecule has 3 aromatic rings. The van der Waals surface area contributed by atoms with E-state index < -0.39 is 0 Å². The molecule has 0 spiro atoms. The maximum atomic E-state index is 5.99. The van der Waals surface area contributed by atoms with Gasteiger partial charge in [-0.25, -0.2) is 4.98 Å². The summed E-state index contributed by atoms with van der Waals surface area (Å²) in [5.41, 5.74) is 2.26. The number of fused-ring (bicyclic) bond motifs is 1. The van der Waals surface area contributed by atoms with Gasteiger partial charge in [0.1, 0.15) is 17.3 Å². The van der Waals surface area contributed by atoms with Gasteiger partial charge in [-0.1, -0.05) is 19.1 Å². The zero-order valence-electron chi connectivity index (χ0n) is 14.6. The van der Waals surface area contributed by atoms with E-state index in [0.29, 0.717) is 5.92 Å². The van der Waals surface area contributed by atoms with Gasteiger partial charge in [-0.05, 0) is 50.5 Å². The predicted molar refractivity (Wildman–Crippen MR) is 95.9 cm³/mol. The second-order valence-electron chi connectivity index (χ2n) is 6.93. The Labute approximate surface area is 142 Å². The number of imidazole rings is 1. The average molecular weight is 323 g/mol. The van der Waals surface area contributed by atoms with Crippen LogP contribution in [0.1, 0.15) is 56.5 Å². The van der Waals surface area contributed by atoms with E-state index in [2.05, 4.69) is 61.0 Å². The van der Waals surface area contributed by atoms with E-state index in [0.717, 1.165) is 41.9 Å². The SMILES string of the molecule is CCn1c(C(C)NCc2ccc(C3CC3C)o2)nc2ccccc21. The lowest BCUT2D eigenvalue weighted by Crippen LogP contribution is -2.21. The number of hydrogen-bond acceptors (Lipinski definition) is 3. The standard InChI is InChI=1S/C20H25N3O/c1-4-23-18-8-6-5-7-17(18)22-20(23)14(3)21-12-15-9-10-19(24-15)16-11-13(16)2/h5-10,13-14,16,21H,4,11-12H2,1-3H3. The molecule has 24 heavy (non-hydrogen) atoms. The first-order valence-corrected chi connectivity index (χ1v) is 8.94. The van der Waals surface area contributed by atoms with Crippen molar-refractivity contribution in [1.82, 2.24) is 14.9 Å². The van der Waals surface area contributed by atoms with Gasteiger partial charge in [-0.2, -0.15) is 0 Å². The molecule has 3 unspecified atom stereocenters. The van der Waals surface area contributed by atoms with Crippen LogP contribution < -0.4 is 5.32 Å². The fraction of sp³-hybridized carbons (Fsp3) is 0.450. The summed E-state index contributed by atoms with van der Waals surface area (Å²) in [6, 6.07) is 12.7. The van der Waals surface area contributed by atoms with Gasteiger partial charge in [-0.15, -0.1) is 0 Å². The third-order valence-electron chi connectivity index (χ3n) is 5.13. The van der Waals surface area contributed by atoms with Crippen LogP contribution in [0, 0.1) is 5.92 Å². The monoisotopic (exact) mass is 323 g/mol. The molecular formula is C20H25N3O.